The molecule has 1 unspecified atom stereocenters. The van der Waals surface area contributed by atoms with E-state index in [4.69, 9.17) is 25.9 Å². The van der Waals surface area contributed by atoms with Crippen LogP contribution in [0.2, 0.25) is 5.02 Å². The lowest BCUT2D eigenvalue weighted by Gasteiger charge is -2.09. The number of unbranched alkanes of at least 4 members (excludes halogenated alkanes) is 8. The lowest BCUT2D eigenvalue weighted by molar-refractivity contribution is -0.137. The third-order valence-electron chi connectivity index (χ3n) is 6.07. The topological polar surface area (TPSA) is 57.1 Å². The Morgan fingerprint density at radius 2 is 1.51 bits per heavy atom. The summed E-state index contributed by atoms with van der Waals surface area (Å²) in [6.07, 6.45) is 12.4. The fraction of sp³-hybridized carbons (Fsp3) is 0.448. The molecule has 0 amide bonds. The smallest absolute Gasteiger partial charge is 0.330 e. The van der Waals surface area contributed by atoms with Gasteiger partial charge in [0.15, 0.2) is 6.10 Å². The third kappa shape index (κ3) is 9.77. The van der Waals surface area contributed by atoms with Crippen LogP contribution in [0.5, 0.6) is 5.75 Å². The molecule has 1 atom stereocenters. The number of carbonyl (C=O) groups is 1. The molecule has 6 heteroatoms. The maximum absolute atomic E-state index is 10.9. The number of rotatable bonds is 16. The lowest BCUT2D eigenvalue weighted by atomic mass is 10.0. The van der Waals surface area contributed by atoms with Crippen LogP contribution in [-0.4, -0.2) is 24.9 Å². The van der Waals surface area contributed by atoms with Gasteiger partial charge in [0.25, 0.3) is 0 Å². The first kappa shape index (κ1) is 26.8. The van der Waals surface area contributed by atoms with Gasteiger partial charge in [0.2, 0.25) is 0 Å². The largest absolute Gasteiger partial charge is 0.494 e. The van der Waals surface area contributed by atoms with Crippen molar-refractivity contribution in [3.05, 3.63) is 77.3 Å². The molecule has 2 aromatic carbocycles. The second kappa shape index (κ2) is 15.3. The summed E-state index contributed by atoms with van der Waals surface area (Å²) in [6, 6.07) is 15.8. The number of hydrogen-bond acceptors (Lipinski definition) is 5. The van der Waals surface area contributed by atoms with Crippen LogP contribution in [0.15, 0.2) is 66.3 Å². The Hall–Kier alpha value is -2.79. The molecule has 0 radical (unpaired) electrons. The Labute approximate surface area is 214 Å². The van der Waals surface area contributed by atoms with Gasteiger partial charge >= 0.3 is 5.97 Å². The normalized spacial score (nSPS) is 14.8. The minimum Gasteiger partial charge on any atom is -0.494 e. The van der Waals surface area contributed by atoms with Crippen LogP contribution in [0.3, 0.4) is 0 Å². The van der Waals surface area contributed by atoms with E-state index in [1.165, 1.54) is 44.6 Å². The Morgan fingerprint density at radius 3 is 2.14 bits per heavy atom. The molecular formula is C29H36ClNO4. The molecule has 2 aromatic rings. The van der Waals surface area contributed by atoms with Gasteiger partial charge in [-0.3, -0.25) is 0 Å². The van der Waals surface area contributed by atoms with Crippen LogP contribution in [0.1, 0.15) is 81.4 Å². The first-order valence-corrected chi connectivity index (χ1v) is 13.0. The van der Waals surface area contributed by atoms with E-state index in [1.54, 1.807) is 0 Å². The summed E-state index contributed by atoms with van der Waals surface area (Å²) in [5.41, 5.74) is 3.09. The van der Waals surface area contributed by atoms with Crippen LogP contribution in [0.4, 0.5) is 0 Å². The summed E-state index contributed by atoms with van der Waals surface area (Å²) in [5, 5.41) is 5.00. The number of hydrogen-bond donors (Lipinski definition) is 0. The number of oxime groups is 1. The second-order valence-electron chi connectivity index (χ2n) is 8.81. The Balaban J connectivity index is 1.20. The Kier molecular flexibility index (Phi) is 11.7. The van der Waals surface area contributed by atoms with Gasteiger partial charge in [-0.05, 0) is 60.4 Å². The average Bonchev–Trinajstić information content (AvgIpc) is 3.37. The van der Waals surface area contributed by atoms with Gasteiger partial charge in [0, 0.05) is 17.5 Å². The summed E-state index contributed by atoms with van der Waals surface area (Å²) in [6.45, 7) is 4.63. The molecule has 1 aliphatic heterocycles. The van der Waals surface area contributed by atoms with Crippen LogP contribution in [-0.2, 0) is 14.4 Å². The molecule has 1 heterocycles. The zero-order chi connectivity index (χ0) is 24.7. The summed E-state index contributed by atoms with van der Waals surface area (Å²) < 4.78 is 10.9. The zero-order valence-electron chi connectivity index (χ0n) is 20.4. The number of benzene rings is 2. The molecule has 0 aromatic heterocycles. The first-order valence-electron chi connectivity index (χ1n) is 12.7. The van der Waals surface area contributed by atoms with Gasteiger partial charge in [-0.2, -0.15) is 0 Å². The molecule has 0 fully saturated rings. The van der Waals surface area contributed by atoms with Crippen molar-refractivity contribution < 1.29 is 19.1 Å². The predicted octanol–water partition coefficient (Wildman–Crippen LogP) is 7.82. The van der Waals surface area contributed by atoms with Crippen molar-refractivity contribution in [2.24, 2.45) is 5.16 Å². The molecule has 188 valence electrons. The Morgan fingerprint density at radius 1 is 0.914 bits per heavy atom. The summed E-state index contributed by atoms with van der Waals surface area (Å²) in [7, 11) is 0. The van der Waals surface area contributed by atoms with Crippen molar-refractivity contribution >= 4 is 23.3 Å². The number of carbonyl (C=O) groups excluding carboxylic acids is 1. The highest BCUT2D eigenvalue weighted by molar-refractivity contribution is 6.30. The zero-order valence-corrected chi connectivity index (χ0v) is 21.2. The molecule has 0 bridgehead atoms. The minimum atomic E-state index is -0.330. The molecule has 0 saturated heterocycles. The summed E-state index contributed by atoms with van der Waals surface area (Å²) in [4.78, 5) is 16.6. The molecule has 0 N–H and O–H groups in total. The van der Waals surface area contributed by atoms with Gasteiger partial charge in [-0.1, -0.05) is 80.4 Å². The van der Waals surface area contributed by atoms with Gasteiger partial charge in [0.1, 0.15) is 5.75 Å². The van der Waals surface area contributed by atoms with Crippen LogP contribution >= 0.6 is 11.6 Å². The third-order valence-corrected chi connectivity index (χ3v) is 6.32. The highest BCUT2D eigenvalue weighted by atomic mass is 35.5. The second-order valence-corrected chi connectivity index (χ2v) is 9.25. The molecule has 0 saturated carbocycles. The average molecular weight is 498 g/mol. The predicted molar refractivity (Wildman–Crippen MR) is 141 cm³/mol. The van der Waals surface area contributed by atoms with Crippen molar-refractivity contribution in [1.29, 1.82) is 0 Å². The van der Waals surface area contributed by atoms with E-state index in [0.717, 1.165) is 59.9 Å². The summed E-state index contributed by atoms with van der Waals surface area (Å²) in [5.74, 6) is 0.560. The standard InChI is InChI=1S/C29H36ClNO4/c1-2-29(32)34-21-11-9-7-5-3-4-6-8-10-20-33-26-18-14-23(15-19-26)27-22-28(35-31-27)24-12-16-25(30)17-13-24/h2,12-19,28H,1,3-11,20-22H2. The monoisotopic (exact) mass is 497 g/mol. The SMILES string of the molecule is C=CC(=O)OCCCCCCCCCCCOc1ccc(C2=NOC(c3ccc(Cl)cc3)C2)cc1. The van der Waals surface area contributed by atoms with E-state index in [2.05, 4.69) is 11.7 Å². The van der Waals surface area contributed by atoms with Crippen LogP contribution in [0.25, 0.3) is 0 Å². The first-order chi connectivity index (χ1) is 17.2. The van der Waals surface area contributed by atoms with Crippen molar-refractivity contribution in [3.8, 4) is 5.75 Å². The number of nitrogens with zero attached hydrogens (tertiary/aromatic N) is 1. The maximum Gasteiger partial charge on any atom is 0.330 e. The van der Waals surface area contributed by atoms with Crippen molar-refractivity contribution in [3.63, 3.8) is 0 Å². The Bertz CT molecular complexity index is 940. The van der Waals surface area contributed by atoms with Crippen LogP contribution < -0.4 is 4.74 Å². The van der Waals surface area contributed by atoms with Crippen molar-refractivity contribution in [1.82, 2.24) is 0 Å². The summed E-state index contributed by atoms with van der Waals surface area (Å²) >= 11 is 5.97. The van der Waals surface area contributed by atoms with Crippen LogP contribution in [0, 0.1) is 0 Å². The molecule has 5 nitrogen and oxygen atoms in total. The fourth-order valence-electron chi connectivity index (χ4n) is 4.01. The van der Waals surface area contributed by atoms with Gasteiger partial charge in [-0.15, -0.1) is 0 Å². The molecular weight excluding hydrogens is 462 g/mol. The van der Waals surface area contributed by atoms with E-state index in [-0.39, 0.29) is 12.1 Å². The number of esters is 1. The van der Waals surface area contributed by atoms with Gasteiger partial charge in [0.05, 0.1) is 18.9 Å². The molecule has 35 heavy (non-hydrogen) atoms. The lowest BCUT2D eigenvalue weighted by Crippen LogP contribution is -2.02. The van der Waals surface area contributed by atoms with Gasteiger partial charge in [-0.25, -0.2) is 4.79 Å². The minimum absolute atomic E-state index is 0.0628. The van der Waals surface area contributed by atoms with E-state index < -0.39 is 0 Å². The maximum atomic E-state index is 10.9. The van der Waals surface area contributed by atoms with E-state index in [0.29, 0.717) is 6.61 Å². The molecule has 0 aliphatic carbocycles. The highest BCUT2D eigenvalue weighted by Gasteiger charge is 2.23. The van der Waals surface area contributed by atoms with Crippen molar-refractivity contribution in [2.45, 2.75) is 70.3 Å². The number of halogens is 1. The van der Waals surface area contributed by atoms with E-state index >= 15 is 0 Å². The quantitative estimate of drug-likeness (QED) is 0.135. The molecule has 0 spiro atoms. The molecule has 1 aliphatic rings. The van der Waals surface area contributed by atoms with Crippen molar-refractivity contribution in [2.75, 3.05) is 13.2 Å². The molecule has 3 rings (SSSR count). The van der Waals surface area contributed by atoms with Gasteiger partial charge < -0.3 is 14.3 Å². The fourth-order valence-corrected chi connectivity index (χ4v) is 4.14. The number of ether oxygens (including phenoxy) is 2. The van der Waals surface area contributed by atoms with E-state index in [1.807, 2.05) is 48.5 Å². The van der Waals surface area contributed by atoms with E-state index in [9.17, 15) is 4.79 Å². The highest BCUT2D eigenvalue weighted by Crippen LogP contribution is 2.30.